The van der Waals surface area contributed by atoms with Crippen LogP contribution >= 0.6 is 23.2 Å². The van der Waals surface area contributed by atoms with E-state index in [0.717, 1.165) is 24.9 Å². The van der Waals surface area contributed by atoms with Crippen LogP contribution < -0.4 is 14.9 Å². The number of nitrogens with zero attached hydrogens (tertiary/aromatic N) is 6. The second-order valence-corrected chi connectivity index (χ2v) is 12.0. The number of sulfonamides is 1. The van der Waals surface area contributed by atoms with E-state index in [4.69, 9.17) is 28.3 Å². The van der Waals surface area contributed by atoms with Crippen LogP contribution in [0.25, 0.3) is 5.65 Å². The first-order valence-electron chi connectivity index (χ1n) is 12.2. The number of hydrogen-bond donors (Lipinski definition) is 2. The number of rotatable bonds is 5. The van der Waals surface area contributed by atoms with Crippen LogP contribution in [-0.4, -0.2) is 72.3 Å². The van der Waals surface area contributed by atoms with Crippen molar-refractivity contribution in [3.63, 3.8) is 0 Å². The van der Waals surface area contributed by atoms with Gasteiger partial charge in [0.2, 0.25) is 10.0 Å². The zero-order valence-electron chi connectivity index (χ0n) is 20.6. The smallest absolute Gasteiger partial charge is 0.256 e. The van der Waals surface area contributed by atoms with Crippen molar-refractivity contribution in [2.24, 2.45) is 0 Å². The van der Waals surface area contributed by atoms with Gasteiger partial charge in [0.25, 0.3) is 5.91 Å². The summed E-state index contributed by atoms with van der Waals surface area (Å²) in [5.41, 5.74) is 1.53. The van der Waals surface area contributed by atoms with Gasteiger partial charge in [-0.05, 0) is 37.5 Å². The second-order valence-electron chi connectivity index (χ2n) is 9.43. The molecule has 2 saturated heterocycles. The van der Waals surface area contributed by atoms with Crippen molar-refractivity contribution >= 4 is 56.3 Å². The zero-order valence-corrected chi connectivity index (χ0v) is 22.9. The number of amides is 1. The number of carbonyl (C=O) groups is 1. The lowest BCUT2D eigenvalue weighted by Gasteiger charge is -2.35. The summed E-state index contributed by atoms with van der Waals surface area (Å²) in [4.78, 5) is 22.0. The van der Waals surface area contributed by atoms with E-state index < -0.39 is 10.0 Å². The highest BCUT2D eigenvalue weighted by Crippen LogP contribution is 2.35. The van der Waals surface area contributed by atoms with E-state index in [1.807, 2.05) is 11.0 Å². The van der Waals surface area contributed by atoms with E-state index >= 15 is 0 Å². The third-order valence-electron chi connectivity index (χ3n) is 6.66. The van der Waals surface area contributed by atoms with Crippen molar-refractivity contribution in [3.05, 3.63) is 51.8 Å². The molecule has 3 aromatic rings. The van der Waals surface area contributed by atoms with Gasteiger partial charge in [-0.15, -0.1) is 0 Å². The molecule has 0 radical (unpaired) electrons. The quantitative estimate of drug-likeness (QED) is 0.442. The maximum Gasteiger partial charge on any atom is 0.256 e. The number of aromatic nitrogens is 3. The topological polar surface area (TPSA) is 136 Å². The summed E-state index contributed by atoms with van der Waals surface area (Å²) in [5, 5.41) is 18.0. The van der Waals surface area contributed by atoms with Gasteiger partial charge in [0.15, 0.2) is 5.65 Å². The number of hydrogen-bond acceptors (Lipinski definition) is 8. The van der Waals surface area contributed by atoms with Crippen LogP contribution in [-0.2, 0) is 10.0 Å². The Balaban J connectivity index is 1.52. The lowest BCUT2D eigenvalue weighted by atomic mass is 9.98. The first-order valence-corrected chi connectivity index (χ1v) is 14.8. The van der Waals surface area contributed by atoms with Gasteiger partial charge in [0.1, 0.15) is 17.0 Å². The van der Waals surface area contributed by atoms with Gasteiger partial charge in [-0.1, -0.05) is 23.2 Å². The molecule has 1 unspecified atom stereocenters. The SMILES string of the molecule is CS(=O)(=O)Nc1ccc(Cl)cc1C(=O)N1CCCC[C@H]1c1cc2nc(Cl)cc(N3CCNC(C#N)C3)n2n1. The minimum Gasteiger partial charge on any atom is -0.352 e. The van der Waals surface area contributed by atoms with Crippen LogP contribution in [0.2, 0.25) is 10.2 Å². The molecule has 1 aromatic carbocycles. The Labute approximate surface area is 230 Å². The summed E-state index contributed by atoms with van der Waals surface area (Å²) in [7, 11) is -3.61. The maximum absolute atomic E-state index is 13.8. The summed E-state index contributed by atoms with van der Waals surface area (Å²) in [6.07, 6.45) is 3.41. The van der Waals surface area contributed by atoms with Gasteiger partial charge in [-0.2, -0.15) is 14.9 Å². The number of nitrogens with one attached hydrogen (secondary N) is 2. The number of benzene rings is 1. The van der Waals surface area contributed by atoms with Crippen molar-refractivity contribution < 1.29 is 13.2 Å². The highest BCUT2D eigenvalue weighted by Gasteiger charge is 2.33. The Bertz CT molecular complexity index is 1540. The second kappa shape index (κ2) is 10.6. The van der Waals surface area contributed by atoms with Crippen molar-refractivity contribution in [1.29, 1.82) is 5.26 Å². The standard InChI is InChI=1S/C24H26Cl2N8O3S/c1-38(36,37)31-18-6-5-15(25)10-17(18)24(35)33-8-3-2-4-20(33)19-11-22-29-21(26)12-23(34(22)30-19)32-9-7-28-16(13-27)14-32/h5-6,10-12,16,20,28,31H,2-4,7-9,14H2,1H3/t16?,20-/m0/s1. The van der Waals surface area contributed by atoms with Crippen LogP contribution in [0.5, 0.6) is 0 Å². The van der Waals surface area contributed by atoms with Gasteiger partial charge in [-0.25, -0.2) is 13.4 Å². The fourth-order valence-corrected chi connectivity index (χ4v) is 5.93. The van der Waals surface area contributed by atoms with Crippen LogP contribution in [0.1, 0.15) is 41.4 Å². The first kappa shape index (κ1) is 26.5. The Hall–Kier alpha value is -3.11. The number of piperidine rings is 1. The molecule has 2 atom stereocenters. The van der Waals surface area contributed by atoms with E-state index in [1.54, 1.807) is 15.5 Å². The molecule has 38 heavy (non-hydrogen) atoms. The molecule has 0 spiro atoms. The molecule has 2 N–H and O–H groups in total. The molecule has 14 heteroatoms. The molecule has 1 amide bonds. The molecular formula is C24H26Cl2N8O3S. The highest BCUT2D eigenvalue weighted by atomic mass is 35.5. The largest absolute Gasteiger partial charge is 0.352 e. The molecule has 2 fully saturated rings. The summed E-state index contributed by atoms with van der Waals surface area (Å²) < 4.78 is 28.0. The Morgan fingerprint density at radius 1 is 1.21 bits per heavy atom. The Kier molecular flexibility index (Phi) is 7.37. The summed E-state index contributed by atoms with van der Waals surface area (Å²) in [5.74, 6) is 0.377. The summed E-state index contributed by atoms with van der Waals surface area (Å²) in [6.45, 7) is 2.26. The van der Waals surface area contributed by atoms with Crippen molar-refractivity contribution in [2.45, 2.75) is 31.3 Å². The van der Waals surface area contributed by atoms with Crippen molar-refractivity contribution in [1.82, 2.24) is 24.8 Å². The monoisotopic (exact) mass is 576 g/mol. The molecule has 2 aromatic heterocycles. The molecule has 0 aliphatic carbocycles. The van der Waals surface area contributed by atoms with Crippen LogP contribution in [0.4, 0.5) is 11.5 Å². The Morgan fingerprint density at radius 3 is 2.79 bits per heavy atom. The molecular weight excluding hydrogens is 551 g/mol. The first-order chi connectivity index (χ1) is 18.1. The predicted molar refractivity (Wildman–Crippen MR) is 145 cm³/mol. The number of nitriles is 1. The molecule has 5 rings (SSSR count). The fraction of sp³-hybridized carbons (Fsp3) is 0.417. The number of likely N-dealkylation sites (tertiary alicyclic amines) is 1. The number of carbonyl (C=O) groups excluding carboxylic acids is 1. The fourth-order valence-electron chi connectivity index (χ4n) is 5.00. The van der Waals surface area contributed by atoms with Gasteiger partial charge in [0, 0.05) is 43.3 Å². The molecule has 0 saturated carbocycles. The van der Waals surface area contributed by atoms with Crippen LogP contribution in [0, 0.1) is 11.3 Å². The lowest BCUT2D eigenvalue weighted by Crippen LogP contribution is -2.50. The van der Waals surface area contributed by atoms with E-state index in [2.05, 4.69) is 21.1 Å². The van der Waals surface area contributed by atoms with Crippen molar-refractivity contribution in [2.75, 3.05) is 42.1 Å². The van der Waals surface area contributed by atoms with Gasteiger partial charge >= 0.3 is 0 Å². The van der Waals surface area contributed by atoms with Gasteiger partial charge < -0.3 is 9.80 Å². The van der Waals surface area contributed by atoms with Crippen molar-refractivity contribution in [3.8, 4) is 6.07 Å². The van der Waals surface area contributed by atoms with Gasteiger partial charge in [0.05, 0.1) is 35.3 Å². The van der Waals surface area contributed by atoms with E-state index in [1.165, 1.54) is 18.2 Å². The molecule has 0 bridgehead atoms. The molecule has 11 nitrogen and oxygen atoms in total. The molecule has 2 aliphatic heterocycles. The average Bonchev–Trinajstić information content (AvgIpc) is 3.32. The van der Waals surface area contributed by atoms with Crippen LogP contribution in [0.3, 0.4) is 0 Å². The Morgan fingerprint density at radius 2 is 2.03 bits per heavy atom. The third kappa shape index (κ3) is 5.51. The normalized spacial score (nSPS) is 20.4. The van der Waals surface area contributed by atoms with Crippen LogP contribution in [0.15, 0.2) is 30.3 Å². The molecule has 4 heterocycles. The zero-order chi connectivity index (χ0) is 27.0. The number of piperazine rings is 1. The maximum atomic E-state index is 13.8. The number of fused-ring (bicyclic) bond motifs is 1. The molecule has 2 aliphatic rings. The van der Waals surface area contributed by atoms with E-state index in [0.29, 0.717) is 54.1 Å². The average molecular weight is 577 g/mol. The summed E-state index contributed by atoms with van der Waals surface area (Å²) >= 11 is 12.6. The summed E-state index contributed by atoms with van der Waals surface area (Å²) in [6, 6.07) is 9.62. The van der Waals surface area contributed by atoms with Gasteiger partial charge in [-0.3, -0.25) is 14.8 Å². The minimum atomic E-state index is -3.61. The number of anilines is 2. The lowest BCUT2D eigenvalue weighted by molar-refractivity contribution is 0.0607. The predicted octanol–water partition coefficient (Wildman–Crippen LogP) is 3.08. The van der Waals surface area contributed by atoms with E-state index in [-0.39, 0.29) is 29.2 Å². The highest BCUT2D eigenvalue weighted by molar-refractivity contribution is 7.92. The number of halogens is 2. The third-order valence-corrected chi connectivity index (χ3v) is 7.68. The van der Waals surface area contributed by atoms with E-state index in [9.17, 15) is 18.5 Å². The molecule has 200 valence electrons. The minimum absolute atomic E-state index is 0.169.